The van der Waals surface area contributed by atoms with E-state index in [9.17, 15) is 19.2 Å². The van der Waals surface area contributed by atoms with Crippen LogP contribution in [0.5, 0.6) is 11.5 Å². The van der Waals surface area contributed by atoms with Crippen LogP contribution in [0.25, 0.3) is 0 Å². The highest BCUT2D eigenvalue weighted by Gasteiger charge is 2.26. The van der Waals surface area contributed by atoms with Crippen LogP contribution in [-0.2, 0) is 64.6 Å². The van der Waals surface area contributed by atoms with Crippen molar-refractivity contribution in [2.45, 2.75) is 46.7 Å². The Labute approximate surface area is 279 Å². The summed E-state index contributed by atoms with van der Waals surface area (Å²) in [6.45, 7) is 3.88. The smallest absolute Gasteiger partial charge is 0.417 e. The number of esters is 4. The summed E-state index contributed by atoms with van der Waals surface area (Å²) in [6.07, 6.45) is 0.248. The van der Waals surface area contributed by atoms with E-state index in [1.807, 2.05) is 60.7 Å². The first-order valence-corrected chi connectivity index (χ1v) is 15.4. The molecule has 0 aliphatic carbocycles. The molecule has 0 aliphatic rings. The minimum atomic E-state index is -1.14. The summed E-state index contributed by atoms with van der Waals surface area (Å²) in [7, 11) is 0. The van der Waals surface area contributed by atoms with E-state index in [4.69, 9.17) is 28.4 Å². The average Bonchev–Trinajstić information content (AvgIpc) is 3.11. The second-order valence-electron chi connectivity index (χ2n) is 11.6. The maximum atomic E-state index is 12.2. The lowest BCUT2D eigenvalue weighted by molar-refractivity contribution is -0.171. The molecule has 0 unspecified atom stereocenters. The van der Waals surface area contributed by atoms with Gasteiger partial charge < -0.3 is 28.4 Å². The molecule has 0 saturated heterocycles. The molecule has 10 nitrogen and oxygen atoms in total. The van der Waals surface area contributed by atoms with Gasteiger partial charge in [0.25, 0.3) is 0 Å². The maximum Gasteiger partial charge on any atom is 0.417 e. The molecule has 0 aromatic heterocycles. The van der Waals surface area contributed by atoms with E-state index in [-0.39, 0.29) is 32.8 Å². The van der Waals surface area contributed by atoms with Crippen LogP contribution in [0.4, 0.5) is 0 Å². The Morgan fingerprint density at radius 2 is 0.833 bits per heavy atom. The van der Waals surface area contributed by atoms with Gasteiger partial charge in [0.05, 0.1) is 13.2 Å². The van der Waals surface area contributed by atoms with Gasteiger partial charge in [-0.25, -0.2) is 19.2 Å². The van der Waals surface area contributed by atoms with E-state index >= 15 is 0 Å². The molecule has 4 rings (SSSR count). The summed E-state index contributed by atoms with van der Waals surface area (Å²) in [5.41, 5.74) is 2.76. The zero-order valence-electron chi connectivity index (χ0n) is 26.9. The van der Waals surface area contributed by atoms with E-state index < -0.39 is 29.3 Å². The van der Waals surface area contributed by atoms with E-state index in [0.29, 0.717) is 35.8 Å². The molecule has 0 amide bonds. The first-order valence-electron chi connectivity index (χ1n) is 15.4. The van der Waals surface area contributed by atoms with Crippen molar-refractivity contribution in [1.29, 1.82) is 0 Å². The molecule has 0 heterocycles. The first kappa shape index (κ1) is 35.2. The highest BCUT2D eigenvalue weighted by molar-refractivity contribution is 6.30. The van der Waals surface area contributed by atoms with Crippen molar-refractivity contribution in [3.8, 4) is 11.5 Å². The van der Waals surface area contributed by atoms with Gasteiger partial charge in [-0.2, -0.15) is 0 Å². The van der Waals surface area contributed by atoms with E-state index in [0.717, 1.165) is 11.1 Å². The van der Waals surface area contributed by atoms with Crippen LogP contribution in [0.1, 0.15) is 42.5 Å². The van der Waals surface area contributed by atoms with Crippen LogP contribution in [0, 0.1) is 5.41 Å². The van der Waals surface area contributed by atoms with Gasteiger partial charge in [0.1, 0.15) is 37.9 Å². The monoisotopic (exact) mass is 654 g/mol. The first-order chi connectivity index (χ1) is 23.2. The molecule has 4 aromatic rings. The summed E-state index contributed by atoms with van der Waals surface area (Å²) in [6, 6.07) is 33.4. The van der Waals surface area contributed by atoms with Crippen molar-refractivity contribution < 1.29 is 47.6 Å². The van der Waals surface area contributed by atoms with Crippen LogP contribution in [0.3, 0.4) is 0 Å². The number of rotatable bonds is 15. The lowest BCUT2D eigenvalue weighted by Crippen LogP contribution is -2.29. The van der Waals surface area contributed by atoms with Crippen molar-refractivity contribution in [2.75, 3.05) is 13.2 Å². The number of benzene rings is 4. The fourth-order valence-corrected chi connectivity index (χ4v) is 4.13. The Kier molecular flexibility index (Phi) is 13.1. The summed E-state index contributed by atoms with van der Waals surface area (Å²) < 4.78 is 31.7. The minimum absolute atomic E-state index is 0.112. The highest BCUT2D eigenvalue weighted by atomic mass is 16.6. The molecule has 0 aliphatic heterocycles. The maximum absolute atomic E-state index is 12.2. The largest absolute Gasteiger partial charge is 0.489 e. The molecule has 0 spiro atoms. The predicted octanol–water partition coefficient (Wildman–Crippen LogP) is 6.13. The van der Waals surface area contributed by atoms with E-state index in [2.05, 4.69) is 0 Å². The third kappa shape index (κ3) is 12.3. The second kappa shape index (κ2) is 17.9. The van der Waals surface area contributed by atoms with Crippen molar-refractivity contribution in [2.24, 2.45) is 5.41 Å². The van der Waals surface area contributed by atoms with Crippen molar-refractivity contribution in [1.82, 2.24) is 0 Å². The van der Waals surface area contributed by atoms with Gasteiger partial charge in [0.2, 0.25) is 0 Å². The number of hydrogen-bond acceptors (Lipinski definition) is 10. The van der Waals surface area contributed by atoms with Crippen LogP contribution in [0.15, 0.2) is 109 Å². The molecule has 0 radical (unpaired) electrons. The fourth-order valence-electron chi connectivity index (χ4n) is 4.13. The van der Waals surface area contributed by atoms with Gasteiger partial charge in [-0.15, -0.1) is 0 Å². The van der Waals surface area contributed by atoms with Crippen molar-refractivity contribution in [3.63, 3.8) is 0 Å². The van der Waals surface area contributed by atoms with Crippen LogP contribution >= 0.6 is 0 Å². The van der Waals surface area contributed by atoms with Crippen molar-refractivity contribution >= 4 is 23.9 Å². The van der Waals surface area contributed by atoms with Crippen LogP contribution in [-0.4, -0.2) is 37.1 Å². The highest BCUT2D eigenvalue weighted by Crippen LogP contribution is 2.21. The zero-order valence-corrected chi connectivity index (χ0v) is 26.9. The third-order valence-corrected chi connectivity index (χ3v) is 7.02. The number of carbonyl (C=O) groups excluding carboxylic acids is 4. The molecule has 4 aromatic carbocycles. The Hall–Kier alpha value is -5.64. The Bertz CT molecular complexity index is 1620. The SMILES string of the molecule is CC(C)(CCOC(=O)C(=O)OCc1ccc(OCc2ccccc2)cc1)COC(=O)C(=O)OCc1ccc(OCc2ccccc2)cc1. The standard InChI is InChI=1S/C38H38O10/c1-38(2,27-48-37(42)36(41)47-26-31-15-19-33(20-16-31)45-24-29-11-7-4-8-12-29)21-22-43-34(39)35(40)46-25-30-13-17-32(18-14-30)44-23-28-9-5-3-6-10-28/h3-20H,21-27H2,1-2H3. The molecule has 250 valence electrons. The molecular formula is C38H38O10. The second-order valence-corrected chi connectivity index (χ2v) is 11.6. The number of carbonyl (C=O) groups is 4. The molecule has 0 fully saturated rings. The zero-order chi connectivity index (χ0) is 34.2. The summed E-state index contributed by atoms with van der Waals surface area (Å²) in [5.74, 6) is -3.21. The minimum Gasteiger partial charge on any atom is -0.489 e. The van der Waals surface area contributed by atoms with E-state index in [1.165, 1.54) is 0 Å². The van der Waals surface area contributed by atoms with Gasteiger partial charge in [-0.05, 0) is 52.9 Å². The van der Waals surface area contributed by atoms with Gasteiger partial charge in [0.15, 0.2) is 0 Å². The Balaban J connectivity index is 1.07. The predicted molar refractivity (Wildman–Crippen MR) is 174 cm³/mol. The third-order valence-electron chi connectivity index (χ3n) is 7.02. The summed E-state index contributed by atoms with van der Waals surface area (Å²) in [4.78, 5) is 48.5. The van der Waals surface area contributed by atoms with Gasteiger partial charge >= 0.3 is 23.9 Å². The quantitative estimate of drug-likeness (QED) is 0.0840. The normalized spacial score (nSPS) is 10.8. The molecule has 0 N–H and O–H groups in total. The summed E-state index contributed by atoms with van der Waals surface area (Å²) in [5, 5.41) is 0. The fraction of sp³-hybridized carbons (Fsp3) is 0.263. The van der Waals surface area contributed by atoms with Gasteiger partial charge in [0, 0.05) is 5.41 Å². The molecular weight excluding hydrogens is 616 g/mol. The van der Waals surface area contributed by atoms with Crippen molar-refractivity contribution in [3.05, 3.63) is 131 Å². The summed E-state index contributed by atoms with van der Waals surface area (Å²) >= 11 is 0. The van der Waals surface area contributed by atoms with Crippen LogP contribution in [0.2, 0.25) is 0 Å². The average molecular weight is 655 g/mol. The van der Waals surface area contributed by atoms with E-state index in [1.54, 1.807) is 62.4 Å². The number of hydrogen-bond donors (Lipinski definition) is 0. The lowest BCUT2D eigenvalue weighted by atomic mass is 9.91. The number of ether oxygens (including phenoxy) is 6. The van der Waals surface area contributed by atoms with Gasteiger partial charge in [-0.3, -0.25) is 0 Å². The lowest BCUT2D eigenvalue weighted by Gasteiger charge is -2.23. The molecule has 48 heavy (non-hydrogen) atoms. The van der Waals surface area contributed by atoms with Crippen LogP contribution < -0.4 is 9.47 Å². The molecule has 0 bridgehead atoms. The molecule has 0 saturated carbocycles. The topological polar surface area (TPSA) is 124 Å². The molecule has 10 heteroatoms. The Morgan fingerprint density at radius 1 is 0.458 bits per heavy atom. The molecule has 0 atom stereocenters. The Morgan fingerprint density at radius 3 is 1.27 bits per heavy atom. The van der Waals surface area contributed by atoms with Gasteiger partial charge in [-0.1, -0.05) is 98.8 Å².